The fourth-order valence-corrected chi connectivity index (χ4v) is 3.86. The molecular formula is C21H22N2O2. The van der Waals surface area contributed by atoms with Crippen LogP contribution in [0, 0.1) is 0 Å². The molecule has 0 aliphatic carbocycles. The Kier molecular flexibility index (Phi) is 4.04. The average Bonchev–Trinajstić information content (AvgIpc) is 3.17. The van der Waals surface area contributed by atoms with Crippen molar-refractivity contribution in [1.82, 2.24) is 4.90 Å². The molecule has 4 rings (SSSR count). The number of carbonyl (C=O) groups is 2. The van der Waals surface area contributed by atoms with Crippen molar-refractivity contribution in [3.8, 4) is 0 Å². The van der Waals surface area contributed by atoms with E-state index < -0.39 is 0 Å². The van der Waals surface area contributed by atoms with Crippen LogP contribution < -0.4 is 4.90 Å². The zero-order chi connectivity index (χ0) is 17.4. The summed E-state index contributed by atoms with van der Waals surface area (Å²) < 4.78 is 0. The molecule has 2 amide bonds. The molecular weight excluding hydrogens is 312 g/mol. The van der Waals surface area contributed by atoms with Crippen LogP contribution in [0.4, 0.5) is 5.69 Å². The number of amides is 2. The Balaban J connectivity index is 1.52. The fraction of sp³-hybridized carbons (Fsp3) is 0.333. The Morgan fingerprint density at radius 2 is 1.88 bits per heavy atom. The molecule has 2 aliphatic heterocycles. The number of benzene rings is 2. The number of fused-ring (bicyclic) bond motifs is 1. The van der Waals surface area contributed by atoms with E-state index in [0.29, 0.717) is 18.5 Å². The highest BCUT2D eigenvalue weighted by atomic mass is 16.2. The summed E-state index contributed by atoms with van der Waals surface area (Å²) in [5.74, 6) is 0.268. The van der Waals surface area contributed by atoms with Crippen LogP contribution in [0.25, 0.3) is 0 Å². The van der Waals surface area contributed by atoms with E-state index in [1.807, 2.05) is 52.3 Å². The highest BCUT2D eigenvalue weighted by Gasteiger charge is 2.31. The second-order valence-electron chi connectivity index (χ2n) is 6.97. The van der Waals surface area contributed by atoms with Crippen LogP contribution in [0.5, 0.6) is 0 Å². The van der Waals surface area contributed by atoms with Crippen LogP contribution in [0.1, 0.15) is 41.3 Å². The summed E-state index contributed by atoms with van der Waals surface area (Å²) in [6.45, 7) is 3.56. The van der Waals surface area contributed by atoms with Crippen molar-refractivity contribution in [3.63, 3.8) is 0 Å². The van der Waals surface area contributed by atoms with Crippen LogP contribution in [-0.2, 0) is 17.8 Å². The Hall–Kier alpha value is -2.62. The monoisotopic (exact) mass is 334 g/mol. The second kappa shape index (κ2) is 6.36. The summed E-state index contributed by atoms with van der Waals surface area (Å²) in [6.07, 6.45) is 2.50. The van der Waals surface area contributed by atoms with E-state index in [-0.39, 0.29) is 17.9 Å². The molecule has 4 heteroatoms. The van der Waals surface area contributed by atoms with Crippen LogP contribution in [0.15, 0.2) is 48.5 Å². The van der Waals surface area contributed by atoms with Gasteiger partial charge in [0.2, 0.25) is 5.91 Å². The largest absolute Gasteiger partial charge is 0.338 e. The summed E-state index contributed by atoms with van der Waals surface area (Å²) in [5.41, 5.74) is 4.01. The SMILES string of the molecule is C[C@@H]1Cc2ccccc2N1C(=O)c1ccc(CN2CCCC2=O)cc1. The molecule has 2 aromatic carbocycles. The van der Waals surface area contributed by atoms with Crippen molar-refractivity contribution in [2.24, 2.45) is 0 Å². The quantitative estimate of drug-likeness (QED) is 0.863. The number of carbonyl (C=O) groups excluding carboxylic acids is 2. The van der Waals surface area contributed by atoms with Crippen LogP contribution in [0.2, 0.25) is 0 Å². The number of para-hydroxylation sites is 1. The first-order valence-corrected chi connectivity index (χ1v) is 8.91. The minimum Gasteiger partial charge on any atom is -0.338 e. The van der Waals surface area contributed by atoms with Crippen molar-refractivity contribution in [2.45, 2.75) is 38.8 Å². The molecule has 25 heavy (non-hydrogen) atoms. The first-order chi connectivity index (χ1) is 12.1. The molecule has 1 fully saturated rings. The minimum atomic E-state index is 0.0428. The number of hydrogen-bond acceptors (Lipinski definition) is 2. The lowest BCUT2D eigenvalue weighted by Crippen LogP contribution is -2.35. The molecule has 0 bridgehead atoms. The Labute approximate surface area is 148 Å². The predicted molar refractivity (Wildman–Crippen MR) is 97.5 cm³/mol. The highest BCUT2D eigenvalue weighted by Crippen LogP contribution is 2.33. The Morgan fingerprint density at radius 3 is 2.60 bits per heavy atom. The van der Waals surface area contributed by atoms with E-state index in [2.05, 4.69) is 13.0 Å². The molecule has 0 spiro atoms. The number of rotatable bonds is 3. The number of anilines is 1. The summed E-state index contributed by atoms with van der Waals surface area (Å²) in [6, 6.07) is 16.0. The fourth-order valence-electron chi connectivity index (χ4n) is 3.86. The lowest BCUT2D eigenvalue weighted by molar-refractivity contribution is -0.128. The molecule has 1 atom stereocenters. The van der Waals surface area contributed by atoms with Gasteiger partial charge in [-0.15, -0.1) is 0 Å². The normalized spacial score (nSPS) is 19.4. The van der Waals surface area contributed by atoms with Crippen LogP contribution >= 0.6 is 0 Å². The maximum Gasteiger partial charge on any atom is 0.258 e. The van der Waals surface area contributed by atoms with Crippen molar-refractivity contribution in [3.05, 3.63) is 65.2 Å². The Bertz CT molecular complexity index is 813. The van der Waals surface area contributed by atoms with Crippen molar-refractivity contribution < 1.29 is 9.59 Å². The maximum atomic E-state index is 13.0. The minimum absolute atomic E-state index is 0.0428. The molecule has 128 valence electrons. The smallest absolute Gasteiger partial charge is 0.258 e. The lowest BCUT2D eigenvalue weighted by atomic mass is 10.1. The van der Waals surface area contributed by atoms with E-state index in [0.717, 1.165) is 30.6 Å². The summed E-state index contributed by atoms with van der Waals surface area (Å²) >= 11 is 0. The maximum absolute atomic E-state index is 13.0. The van der Waals surface area contributed by atoms with Crippen LogP contribution in [-0.4, -0.2) is 29.3 Å². The van der Waals surface area contributed by atoms with Gasteiger partial charge in [0.05, 0.1) is 0 Å². The van der Waals surface area contributed by atoms with E-state index in [1.54, 1.807) is 0 Å². The van der Waals surface area contributed by atoms with Gasteiger partial charge in [0, 0.05) is 36.8 Å². The molecule has 0 unspecified atom stereocenters. The van der Waals surface area contributed by atoms with Gasteiger partial charge in [0.25, 0.3) is 5.91 Å². The van der Waals surface area contributed by atoms with E-state index in [1.165, 1.54) is 5.56 Å². The number of nitrogens with zero attached hydrogens (tertiary/aromatic N) is 2. The van der Waals surface area contributed by atoms with Gasteiger partial charge in [-0.05, 0) is 49.1 Å². The van der Waals surface area contributed by atoms with Gasteiger partial charge in [-0.3, -0.25) is 9.59 Å². The third-order valence-electron chi connectivity index (χ3n) is 5.17. The molecule has 0 N–H and O–H groups in total. The first-order valence-electron chi connectivity index (χ1n) is 8.91. The lowest BCUT2D eigenvalue weighted by Gasteiger charge is -2.23. The molecule has 0 saturated carbocycles. The van der Waals surface area contributed by atoms with Crippen molar-refractivity contribution >= 4 is 17.5 Å². The van der Waals surface area contributed by atoms with Gasteiger partial charge in [-0.2, -0.15) is 0 Å². The van der Waals surface area contributed by atoms with E-state index in [4.69, 9.17) is 0 Å². The van der Waals surface area contributed by atoms with Crippen LogP contribution in [0.3, 0.4) is 0 Å². The van der Waals surface area contributed by atoms with Gasteiger partial charge in [-0.25, -0.2) is 0 Å². The highest BCUT2D eigenvalue weighted by molar-refractivity contribution is 6.07. The number of hydrogen-bond donors (Lipinski definition) is 0. The molecule has 1 saturated heterocycles. The average molecular weight is 334 g/mol. The topological polar surface area (TPSA) is 40.6 Å². The first kappa shape index (κ1) is 15.9. The Morgan fingerprint density at radius 1 is 1.12 bits per heavy atom. The van der Waals surface area contributed by atoms with E-state index in [9.17, 15) is 9.59 Å². The molecule has 0 radical (unpaired) electrons. The predicted octanol–water partition coefficient (Wildman–Crippen LogP) is 3.40. The standard InChI is InChI=1S/C21H22N2O2/c1-15-13-18-5-2-3-6-19(18)23(15)21(25)17-10-8-16(9-11-17)14-22-12-4-7-20(22)24/h2-3,5-6,8-11,15H,4,7,12-14H2,1H3/t15-/m1/s1. The molecule has 4 nitrogen and oxygen atoms in total. The third-order valence-corrected chi connectivity index (χ3v) is 5.17. The van der Waals surface area contributed by atoms with Gasteiger partial charge in [0.15, 0.2) is 0 Å². The van der Waals surface area contributed by atoms with E-state index >= 15 is 0 Å². The third kappa shape index (κ3) is 2.93. The zero-order valence-corrected chi connectivity index (χ0v) is 14.4. The van der Waals surface area contributed by atoms with Gasteiger partial charge in [0.1, 0.15) is 0 Å². The zero-order valence-electron chi connectivity index (χ0n) is 14.4. The molecule has 2 aliphatic rings. The van der Waals surface area contributed by atoms with Crippen molar-refractivity contribution in [2.75, 3.05) is 11.4 Å². The molecule has 0 aromatic heterocycles. The summed E-state index contributed by atoms with van der Waals surface area (Å²) in [7, 11) is 0. The molecule has 2 heterocycles. The van der Waals surface area contributed by atoms with Gasteiger partial charge < -0.3 is 9.80 Å². The van der Waals surface area contributed by atoms with Gasteiger partial charge >= 0.3 is 0 Å². The van der Waals surface area contributed by atoms with Crippen molar-refractivity contribution in [1.29, 1.82) is 0 Å². The second-order valence-corrected chi connectivity index (χ2v) is 6.97. The summed E-state index contributed by atoms with van der Waals surface area (Å²) in [4.78, 5) is 28.5. The summed E-state index contributed by atoms with van der Waals surface area (Å²) in [5, 5.41) is 0. The number of likely N-dealkylation sites (tertiary alicyclic amines) is 1. The van der Waals surface area contributed by atoms with Gasteiger partial charge in [-0.1, -0.05) is 30.3 Å². The molecule has 2 aromatic rings.